The van der Waals surface area contributed by atoms with Gasteiger partial charge < -0.3 is 9.84 Å². The summed E-state index contributed by atoms with van der Waals surface area (Å²) in [5.41, 5.74) is 0. The largest absolute Gasteiger partial charge is 0.516 e. The van der Waals surface area contributed by atoms with Crippen molar-refractivity contribution in [3.63, 3.8) is 0 Å². The van der Waals surface area contributed by atoms with E-state index >= 15 is 0 Å². The Labute approximate surface area is 54.3 Å². The molecular formula is C6H10O3. The maximum absolute atomic E-state index is 9.84. The molecule has 0 radical (unpaired) electrons. The number of aliphatic hydroxyl groups is 1. The van der Waals surface area contributed by atoms with Crippen molar-refractivity contribution in [1.82, 2.24) is 0 Å². The normalized spacial score (nSPS) is 5.89. The van der Waals surface area contributed by atoms with E-state index < -0.39 is 5.97 Å². The van der Waals surface area contributed by atoms with Crippen molar-refractivity contribution in [2.45, 2.75) is 0 Å². The highest BCUT2D eigenvalue weighted by molar-refractivity contribution is 5.80. The van der Waals surface area contributed by atoms with Gasteiger partial charge in [-0.15, -0.1) is 0 Å². The molecule has 0 aromatic rings. The van der Waals surface area contributed by atoms with Gasteiger partial charge in [0.25, 0.3) is 0 Å². The lowest BCUT2D eigenvalue weighted by atomic mass is 10.7. The Kier molecular flexibility index (Phi) is 11.7. The zero-order valence-corrected chi connectivity index (χ0v) is 5.33. The predicted octanol–water partition coefficient (Wildman–Crippen LogP) is 1.03. The Hall–Kier alpha value is -1.25. The molecule has 52 valence electrons. The third-order valence-corrected chi connectivity index (χ3v) is 0.368. The number of esters is 1. The van der Waals surface area contributed by atoms with E-state index in [1.807, 2.05) is 0 Å². The number of carbonyl (C=O) groups is 1. The molecule has 0 aromatic carbocycles. The van der Waals surface area contributed by atoms with Crippen LogP contribution in [0.25, 0.3) is 0 Å². The van der Waals surface area contributed by atoms with Crippen LogP contribution in [0.2, 0.25) is 0 Å². The second-order valence-electron chi connectivity index (χ2n) is 0.910. The highest BCUT2D eigenvalue weighted by Crippen LogP contribution is 1.67. The summed E-state index contributed by atoms with van der Waals surface area (Å²) in [6, 6.07) is 0. The minimum atomic E-state index is -0.394. The maximum Gasteiger partial charge on any atom is 0.329 e. The minimum Gasteiger partial charge on any atom is -0.516 e. The highest BCUT2D eigenvalue weighted by atomic mass is 16.5. The van der Waals surface area contributed by atoms with Gasteiger partial charge in [-0.2, -0.15) is 0 Å². The molecule has 0 spiro atoms. The van der Waals surface area contributed by atoms with Gasteiger partial charge in [0.15, 0.2) is 0 Å². The van der Waals surface area contributed by atoms with Crippen LogP contribution < -0.4 is 0 Å². The molecule has 0 bridgehead atoms. The van der Waals surface area contributed by atoms with Crippen LogP contribution in [0.3, 0.4) is 0 Å². The summed E-state index contributed by atoms with van der Waals surface area (Å²) in [6.07, 6.45) is 1.86. The third kappa shape index (κ3) is 20.1. The van der Waals surface area contributed by atoms with Gasteiger partial charge in [-0.05, 0) is 0 Å². The van der Waals surface area contributed by atoms with E-state index in [-0.39, 0.29) is 0 Å². The first-order valence-electron chi connectivity index (χ1n) is 2.18. The molecule has 0 aliphatic rings. The Balaban J connectivity index is 0. The fraction of sp³-hybridized carbons (Fsp3) is 0.167. The molecule has 0 saturated carbocycles. The van der Waals surface area contributed by atoms with Crippen molar-refractivity contribution in [3.8, 4) is 0 Å². The summed E-state index contributed by atoms with van der Waals surface area (Å²) in [7, 11) is 1.31. The van der Waals surface area contributed by atoms with Crippen LogP contribution in [-0.2, 0) is 9.53 Å². The second kappa shape index (κ2) is 9.89. The SMILES string of the molecule is C=CC(=O)OC.C=CO. The summed E-state index contributed by atoms with van der Waals surface area (Å²) in [5, 5.41) is 7.33. The van der Waals surface area contributed by atoms with E-state index in [2.05, 4.69) is 17.9 Å². The molecule has 0 aliphatic heterocycles. The third-order valence-electron chi connectivity index (χ3n) is 0.368. The standard InChI is InChI=1S/C4H6O2.C2H4O/c1-3-4(5)6-2;1-2-3/h3H,1H2,2H3;2-3H,1H2. The number of hydrogen-bond acceptors (Lipinski definition) is 3. The number of rotatable bonds is 1. The van der Waals surface area contributed by atoms with Crippen molar-refractivity contribution >= 4 is 5.97 Å². The van der Waals surface area contributed by atoms with E-state index in [0.29, 0.717) is 0 Å². The van der Waals surface area contributed by atoms with Crippen LogP contribution in [-0.4, -0.2) is 18.2 Å². The van der Waals surface area contributed by atoms with Crippen molar-refractivity contribution in [1.29, 1.82) is 0 Å². The zero-order chi connectivity index (χ0) is 7.70. The summed E-state index contributed by atoms with van der Waals surface area (Å²) in [5.74, 6) is -0.394. The molecule has 0 amide bonds. The van der Waals surface area contributed by atoms with Crippen molar-refractivity contribution in [2.75, 3.05) is 7.11 Å². The molecule has 1 N–H and O–H groups in total. The van der Waals surface area contributed by atoms with E-state index in [0.717, 1.165) is 12.3 Å². The van der Waals surface area contributed by atoms with Crippen LogP contribution in [0.5, 0.6) is 0 Å². The van der Waals surface area contributed by atoms with Crippen molar-refractivity contribution in [2.24, 2.45) is 0 Å². The molecule has 0 atom stereocenters. The van der Waals surface area contributed by atoms with Crippen molar-refractivity contribution < 1.29 is 14.6 Å². The smallest absolute Gasteiger partial charge is 0.329 e. The van der Waals surface area contributed by atoms with E-state index in [1.54, 1.807) is 0 Å². The molecule has 0 saturated heterocycles. The number of ether oxygens (including phenoxy) is 1. The summed E-state index contributed by atoms with van der Waals surface area (Å²) in [4.78, 5) is 9.84. The molecule has 0 aromatic heterocycles. The molecule has 3 heteroatoms. The first-order valence-corrected chi connectivity index (χ1v) is 2.18. The number of hydrogen-bond donors (Lipinski definition) is 1. The summed E-state index contributed by atoms with van der Waals surface area (Å²) in [6.45, 7) is 6.07. The Bertz CT molecular complexity index is 96.5. The van der Waals surface area contributed by atoms with Crippen LogP contribution in [0, 0.1) is 0 Å². The molecule has 9 heavy (non-hydrogen) atoms. The van der Waals surface area contributed by atoms with Gasteiger partial charge in [-0.1, -0.05) is 13.2 Å². The maximum atomic E-state index is 9.84. The second-order valence-corrected chi connectivity index (χ2v) is 0.910. The minimum absolute atomic E-state index is 0.394. The quantitative estimate of drug-likeness (QED) is 0.327. The van der Waals surface area contributed by atoms with Crippen molar-refractivity contribution in [3.05, 3.63) is 25.5 Å². The van der Waals surface area contributed by atoms with Crippen LogP contribution in [0.4, 0.5) is 0 Å². The molecule has 0 heterocycles. The summed E-state index contributed by atoms with van der Waals surface area (Å²) < 4.78 is 4.14. The number of methoxy groups -OCH3 is 1. The lowest BCUT2D eigenvalue weighted by Crippen LogP contribution is -1.91. The Morgan fingerprint density at radius 1 is 1.67 bits per heavy atom. The van der Waals surface area contributed by atoms with Gasteiger partial charge in [0.05, 0.1) is 13.4 Å². The molecule has 3 nitrogen and oxygen atoms in total. The van der Waals surface area contributed by atoms with Gasteiger partial charge in [-0.3, -0.25) is 0 Å². The fourth-order valence-corrected chi connectivity index (χ4v) is 0.0833. The van der Waals surface area contributed by atoms with Gasteiger partial charge in [0.1, 0.15) is 0 Å². The first kappa shape index (κ1) is 10.7. The summed E-state index contributed by atoms with van der Waals surface area (Å²) >= 11 is 0. The average Bonchev–Trinajstić information content (AvgIpc) is 1.88. The van der Waals surface area contributed by atoms with Gasteiger partial charge >= 0.3 is 5.97 Å². The zero-order valence-electron chi connectivity index (χ0n) is 5.33. The number of aliphatic hydroxyl groups excluding tert-OH is 1. The topological polar surface area (TPSA) is 46.5 Å². The molecule has 0 aliphatic carbocycles. The Morgan fingerprint density at radius 3 is 2.00 bits per heavy atom. The monoisotopic (exact) mass is 130 g/mol. The van der Waals surface area contributed by atoms with Crippen LogP contribution in [0.15, 0.2) is 25.5 Å². The molecule has 0 rings (SSSR count). The fourth-order valence-electron chi connectivity index (χ4n) is 0.0833. The van der Waals surface area contributed by atoms with Crippen LogP contribution >= 0.6 is 0 Å². The van der Waals surface area contributed by atoms with Gasteiger partial charge in [0, 0.05) is 6.08 Å². The lowest BCUT2D eigenvalue weighted by Gasteiger charge is -1.83. The number of carbonyl (C=O) groups excluding carboxylic acids is 1. The van der Waals surface area contributed by atoms with E-state index in [1.165, 1.54) is 7.11 Å². The first-order chi connectivity index (χ1) is 4.22. The molecule has 0 fully saturated rings. The highest BCUT2D eigenvalue weighted by Gasteiger charge is 1.81. The van der Waals surface area contributed by atoms with E-state index in [9.17, 15) is 4.79 Å². The van der Waals surface area contributed by atoms with Gasteiger partial charge in [0.2, 0.25) is 0 Å². The average molecular weight is 130 g/mol. The lowest BCUT2D eigenvalue weighted by molar-refractivity contribution is -0.134. The van der Waals surface area contributed by atoms with Gasteiger partial charge in [-0.25, -0.2) is 4.79 Å². The molecule has 0 unspecified atom stereocenters. The van der Waals surface area contributed by atoms with E-state index in [4.69, 9.17) is 5.11 Å². The predicted molar refractivity (Wildman–Crippen MR) is 35.0 cm³/mol. The van der Waals surface area contributed by atoms with Crippen LogP contribution in [0.1, 0.15) is 0 Å². The molecular weight excluding hydrogens is 120 g/mol. The Morgan fingerprint density at radius 2 is 2.00 bits per heavy atom.